The van der Waals surface area contributed by atoms with Gasteiger partial charge in [-0.05, 0) is 76.2 Å². The van der Waals surface area contributed by atoms with Crippen molar-refractivity contribution in [3.63, 3.8) is 0 Å². The molecule has 2 rings (SSSR count). The van der Waals surface area contributed by atoms with Gasteiger partial charge in [-0.2, -0.15) is 0 Å². The van der Waals surface area contributed by atoms with Crippen molar-refractivity contribution in [1.82, 2.24) is 10.6 Å². The van der Waals surface area contributed by atoms with Gasteiger partial charge in [0.1, 0.15) is 17.7 Å². The van der Waals surface area contributed by atoms with Gasteiger partial charge in [-0.15, -0.1) is 0 Å². The fourth-order valence-corrected chi connectivity index (χ4v) is 5.80. The van der Waals surface area contributed by atoms with Crippen molar-refractivity contribution in [3.05, 3.63) is 35.9 Å². The second kappa shape index (κ2) is 17.2. The Morgan fingerprint density at radius 3 is 2.10 bits per heavy atom. The molecule has 4 N–H and O–H groups in total. The standard InChI is InChI=1S/C34H58N2O5/c1-23(2)20-29(35-27(33(40)41-34(5,6)7)19-18-25-14-10-8-11-15-25)32(39)36-28(22-26-16-12-9-13-17-26)31(38)30(37)21-24(3)4/h8,10-11,14-15,23-24,26-31,35,37-38H,9,12-13,16-22H2,1-7H3,(H,36,39)/t27-,28-,29-,30-,31+/m0/s1. The summed E-state index contributed by atoms with van der Waals surface area (Å²) in [6.07, 6.45) is 6.51. The van der Waals surface area contributed by atoms with E-state index >= 15 is 0 Å². The number of aliphatic hydroxyl groups is 2. The van der Waals surface area contributed by atoms with Crippen LogP contribution in [0, 0.1) is 17.8 Å². The van der Waals surface area contributed by atoms with E-state index < -0.39 is 35.9 Å². The van der Waals surface area contributed by atoms with Crippen LogP contribution in [0.4, 0.5) is 0 Å². The molecule has 41 heavy (non-hydrogen) atoms. The first-order valence-electron chi connectivity index (χ1n) is 15.9. The van der Waals surface area contributed by atoms with Crippen LogP contribution in [-0.2, 0) is 20.7 Å². The molecule has 0 unspecified atom stereocenters. The molecular weight excluding hydrogens is 516 g/mol. The summed E-state index contributed by atoms with van der Waals surface area (Å²) in [4.78, 5) is 27.2. The zero-order valence-electron chi connectivity index (χ0n) is 26.7. The van der Waals surface area contributed by atoms with E-state index in [0.29, 0.717) is 38.0 Å². The Hall–Kier alpha value is -1.96. The molecule has 1 aliphatic carbocycles. The average Bonchev–Trinajstić information content (AvgIpc) is 2.89. The molecule has 1 amide bonds. The quantitative estimate of drug-likeness (QED) is 0.193. The first-order chi connectivity index (χ1) is 19.2. The van der Waals surface area contributed by atoms with Crippen LogP contribution in [0.25, 0.3) is 0 Å². The van der Waals surface area contributed by atoms with Crippen LogP contribution >= 0.6 is 0 Å². The Labute approximate surface area is 249 Å². The Bertz CT molecular complexity index is 892. The second-order valence-electron chi connectivity index (χ2n) is 14.0. The lowest BCUT2D eigenvalue weighted by atomic mass is 9.82. The van der Waals surface area contributed by atoms with Gasteiger partial charge >= 0.3 is 5.97 Å². The molecular formula is C34H58N2O5. The van der Waals surface area contributed by atoms with E-state index in [0.717, 1.165) is 31.2 Å². The normalized spacial score (nSPS) is 18.5. The van der Waals surface area contributed by atoms with Crippen LogP contribution in [0.5, 0.6) is 0 Å². The maximum absolute atomic E-state index is 13.9. The molecule has 7 nitrogen and oxygen atoms in total. The predicted molar refractivity (Wildman–Crippen MR) is 165 cm³/mol. The van der Waals surface area contributed by atoms with E-state index in [4.69, 9.17) is 4.74 Å². The third-order valence-corrected chi connectivity index (χ3v) is 7.84. The zero-order chi connectivity index (χ0) is 30.6. The van der Waals surface area contributed by atoms with Crippen molar-refractivity contribution in [2.24, 2.45) is 17.8 Å². The van der Waals surface area contributed by atoms with Gasteiger partial charge in [0.2, 0.25) is 5.91 Å². The van der Waals surface area contributed by atoms with E-state index in [1.165, 1.54) is 6.42 Å². The summed E-state index contributed by atoms with van der Waals surface area (Å²) in [6.45, 7) is 13.7. The minimum atomic E-state index is -1.05. The molecule has 0 saturated heterocycles. The van der Waals surface area contributed by atoms with E-state index in [-0.39, 0.29) is 23.7 Å². The van der Waals surface area contributed by atoms with E-state index in [2.05, 4.69) is 24.5 Å². The number of hydrogen-bond donors (Lipinski definition) is 4. The Balaban J connectivity index is 2.25. The van der Waals surface area contributed by atoms with Gasteiger partial charge in [-0.1, -0.05) is 90.1 Å². The third-order valence-electron chi connectivity index (χ3n) is 7.84. The van der Waals surface area contributed by atoms with Crippen molar-refractivity contribution >= 4 is 11.9 Å². The highest BCUT2D eigenvalue weighted by atomic mass is 16.6. The molecule has 234 valence electrons. The van der Waals surface area contributed by atoms with E-state index in [1.54, 1.807) is 0 Å². The van der Waals surface area contributed by atoms with Crippen LogP contribution in [0.2, 0.25) is 0 Å². The summed E-state index contributed by atoms with van der Waals surface area (Å²) in [5.41, 5.74) is 0.462. The second-order valence-corrected chi connectivity index (χ2v) is 14.0. The van der Waals surface area contributed by atoms with Gasteiger partial charge < -0.3 is 20.3 Å². The largest absolute Gasteiger partial charge is 0.459 e. The third kappa shape index (κ3) is 13.7. The lowest BCUT2D eigenvalue weighted by molar-refractivity contribution is -0.158. The maximum Gasteiger partial charge on any atom is 0.323 e. The summed E-state index contributed by atoms with van der Waals surface area (Å²) in [7, 11) is 0. The molecule has 0 spiro atoms. The minimum Gasteiger partial charge on any atom is -0.459 e. The van der Waals surface area contributed by atoms with E-state index in [9.17, 15) is 19.8 Å². The molecule has 0 bridgehead atoms. The fraction of sp³-hybridized carbons (Fsp3) is 0.765. The van der Waals surface area contributed by atoms with Gasteiger partial charge in [-0.3, -0.25) is 14.9 Å². The molecule has 7 heteroatoms. The lowest BCUT2D eigenvalue weighted by Gasteiger charge is -2.34. The molecule has 1 aromatic carbocycles. The number of aliphatic hydroxyl groups excluding tert-OH is 2. The van der Waals surface area contributed by atoms with Crippen LogP contribution in [0.1, 0.15) is 112 Å². The topological polar surface area (TPSA) is 108 Å². The van der Waals surface area contributed by atoms with Crippen LogP contribution < -0.4 is 10.6 Å². The molecule has 5 atom stereocenters. The first kappa shape index (κ1) is 35.2. The number of aryl methyl sites for hydroxylation is 1. The summed E-state index contributed by atoms with van der Waals surface area (Å²) >= 11 is 0. The monoisotopic (exact) mass is 574 g/mol. The van der Waals surface area contributed by atoms with Crippen molar-refractivity contribution in [3.8, 4) is 0 Å². The Kier molecular flexibility index (Phi) is 14.8. The highest BCUT2D eigenvalue weighted by molar-refractivity contribution is 5.84. The predicted octanol–water partition coefficient (Wildman–Crippen LogP) is 5.56. The number of rotatable bonds is 16. The number of benzene rings is 1. The highest BCUT2D eigenvalue weighted by Crippen LogP contribution is 2.29. The fourth-order valence-electron chi connectivity index (χ4n) is 5.80. The number of esters is 1. The number of nitrogens with one attached hydrogen (secondary N) is 2. The number of hydrogen-bond acceptors (Lipinski definition) is 6. The minimum absolute atomic E-state index is 0.194. The Morgan fingerprint density at radius 2 is 1.54 bits per heavy atom. The molecule has 0 aromatic heterocycles. The van der Waals surface area contributed by atoms with Crippen LogP contribution in [-0.4, -0.2) is 58.0 Å². The van der Waals surface area contributed by atoms with Gasteiger partial charge in [0.25, 0.3) is 0 Å². The van der Waals surface area contributed by atoms with Crippen molar-refractivity contribution in [2.75, 3.05) is 0 Å². The number of carbonyl (C=O) groups is 2. The number of carbonyl (C=O) groups excluding carboxylic acids is 2. The van der Waals surface area contributed by atoms with Crippen molar-refractivity contribution in [2.45, 2.75) is 149 Å². The van der Waals surface area contributed by atoms with Gasteiger partial charge in [0.05, 0.1) is 18.2 Å². The molecule has 1 aliphatic rings. The molecule has 0 aliphatic heterocycles. The summed E-state index contributed by atoms with van der Waals surface area (Å²) in [5.74, 6) is 0.205. The SMILES string of the molecule is CC(C)C[C@H](N[C@@H](CCc1ccccc1)C(=O)OC(C)(C)C)C(=O)N[C@@H](CC1CCCCC1)[C@@H](O)[C@@H](O)CC(C)C. The molecule has 1 saturated carbocycles. The Morgan fingerprint density at radius 1 is 0.927 bits per heavy atom. The van der Waals surface area contributed by atoms with Crippen molar-refractivity contribution in [1.29, 1.82) is 0 Å². The molecule has 1 fully saturated rings. The van der Waals surface area contributed by atoms with Crippen LogP contribution in [0.15, 0.2) is 30.3 Å². The summed E-state index contributed by atoms with van der Waals surface area (Å²) in [6, 6.07) is 8.11. The average molecular weight is 575 g/mol. The summed E-state index contributed by atoms with van der Waals surface area (Å²) < 4.78 is 5.76. The summed E-state index contributed by atoms with van der Waals surface area (Å²) in [5, 5.41) is 28.5. The number of ether oxygens (including phenoxy) is 1. The van der Waals surface area contributed by atoms with Gasteiger partial charge in [-0.25, -0.2) is 0 Å². The van der Waals surface area contributed by atoms with Gasteiger partial charge in [0.15, 0.2) is 0 Å². The number of amides is 1. The van der Waals surface area contributed by atoms with Gasteiger partial charge in [0, 0.05) is 0 Å². The highest BCUT2D eigenvalue weighted by Gasteiger charge is 2.35. The molecule has 1 aromatic rings. The lowest BCUT2D eigenvalue weighted by Crippen LogP contribution is -2.57. The first-order valence-corrected chi connectivity index (χ1v) is 15.9. The smallest absolute Gasteiger partial charge is 0.323 e. The van der Waals surface area contributed by atoms with Crippen LogP contribution in [0.3, 0.4) is 0 Å². The van der Waals surface area contributed by atoms with E-state index in [1.807, 2.05) is 65.0 Å². The van der Waals surface area contributed by atoms with Crippen molar-refractivity contribution < 1.29 is 24.5 Å². The molecule has 0 heterocycles. The molecule has 0 radical (unpaired) electrons. The maximum atomic E-state index is 13.9. The zero-order valence-corrected chi connectivity index (χ0v) is 26.7.